The van der Waals surface area contributed by atoms with E-state index in [2.05, 4.69) is 74.6 Å². The van der Waals surface area contributed by atoms with Crippen LogP contribution in [0.1, 0.15) is 123 Å². The molecule has 10 heteroatoms. The van der Waals surface area contributed by atoms with Gasteiger partial charge in [-0.2, -0.15) is 0 Å². The molecule has 0 saturated carbocycles. The van der Waals surface area contributed by atoms with Crippen molar-refractivity contribution in [3.8, 4) is 0 Å². The molecule has 3 N–H and O–H groups in total. The number of unbranched alkanes of at least 4 members (excludes halogenated alkanes) is 8. The van der Waals surface area contributed by atoms with Gasteiger partial charge in [0.15, 0.2) is 0 Å². The summed E-state index contributed by atoms with van der Waals surface area (Å²) in [5, 5.41) is 18.3. The number of carbonyl (C=O) groups excluding carboxylic acids is 1. The minimum atomic E-state index is -4.54. The minimum absolute atomic E-state index is 0.00903. The average Bonchev–Trinajstić information content (AvgIpc) is 3.09. The van der Waals surface area contributed by atoms with Crippen molar-refractivity contribution in [1.82, 2.24) is 0 Å². The van der Waals surface area contributed by atoms with Gasteiger partial charge in [-0.3, -0.25) is 13.8 Å². The molecule has 0 amide bonds. The van der Waals surface area contributed by atoms with Gasteiger partial charge in [-0.1, -0.05) is 125 Å². The molecule has 0 saturated heterocycles. The van der Waals surface area contributed by atoms with Crippen LogP contribution in [0.25, 0.3) is 0 Å². The fraction of sp³-hybridized carbons (Fsp3) is 0.667. The number of phosphoric ester groups is 1. The van der Waals surface area contributed by atoms with Crippen LogP contribution in [0.2, 0.25) is 0 Å². The van der Waals surface area contributed by atoms with Gasteiger partial charge in [0.1, 0.15) is 12.2 Å². The lowest BCUT2D eigenvalue weighted by molar-refractivity contribution is -0.154. The maximum Gasteiger partial charge on any atom is 0.472 e. The quantitative estimate of drug-likeness (QED) is 0.0259. The molecule has 282 valence electrons. The van der Waals surface area contributed by atoms with E-state index in [-0.39, 0.29) is 13.0 Å². The number of aliphatic hydroxyl groups excluding tert-OH is 2. The van der Waals surface area contributed by atoms with E-state index in [0.29, 0.717) is 13.0 Å². The normalized spacial score (nSPS) is 15.1. The van der Waals surface area contributed by atoms with E-state index in [1.807, 2.05) is 12.2 Å². The van der Waals surface area contributed by atoms with Gasteiger partial charge in [0, 0.05) is 13.0 Å². The molecule has 0 aromatic rings. The first-order valence-corrected chi connectivity index (χ1v) is 19.9. The molecular weight excluding hydrogens is 643 g/mol. The van der Waals surface area contributed by atoms with Crippen molar-refractivity contribution in [3.05, 3.63) is 72.9 Å². The third kappa shape index (κ3) is 35.5. The molecule has 3 unspecified atom stereocenters. The van der Waals surface area contributed by atoms with Crippen molar-refractivity contribution in [2.24, 2.45) is 0 Å². The third-order valence-electron chi connectivity index (χ3n) is 7.14. The van der Waals surface area contributed by atoms with Crippen LogP contribution in [-0.4, -0.2) is 66.3 Å². The van der Waals surface area contributed by atoms with Crippen LogP contribution in [-0.2, 0) is 27.9 Å². The molecule has 0 fully saturated rings. The Hall–Kier alpha value is -2.10. The number of carbonyl (C=O) groups is 1. The van der Waals surface area contributed by atoms with E-state index in [1.165, 1.54) is 38.5 Å². The van der Waals surface area contributed by atoms with E-state index < -0.39 is 45.8 Å². The molecule has 0 aromatic carbocycles. The highest BCUT2D eigenvalue weighted by Crippen LogP contribution is 2.43. The molecule has 3 atom stereocenters. The summed E-state index contributed by atoms with van der Waals surface area (Å²) in [5.41, 5.74) is 0. The number of esters is 1. The molecule has 0 aromatic heterocycles. The lowest BCUT2D eigenvalue weighted by Gasteiger charge is -2.20. The number of aliphatic hydroxyl groups is 2. The Morgan fingerprint density at radius 2 is 1.16 bits per heavy atom. The Bertz CT molecular complexity index is 987. The summed E-state index contributed by atoms with van der Waals surface area (Å²) >= 11 is 0. The Morgan fingerprint density at radius 1 is 0.653 bits per heavy atom. The van der Waals surface area contributed by atoms with Gasteiger partial charge in [-0.05, 0) is 64.2 Å². The highest BCUT2D eigenvalue weighted by Gasteiger charge is 2.26. The third-order valence-corrected chi connectivity index (χ3v) is 8.09. The molecule has 0 aliphatic carbocycles. The van der Waals surface area contributed by atoms with Crippen LogP contribution in [0.4, 0.5) is 0 Å². The molecule has 0 rings (SSSR count). The van der Waals surface area contributed by atoms with Gasteiger partial charge in [-0.25, -0.2) is 4.57 Å². The first-order valence-electron chi connectivity index (χ1n) is 18.4. The van der Waals surface area contributed by atoms with Crippen molar-refractivity contribution in [1.29, 1.82) is 0 Å². The molecule has 0 aliphatic heterocycles. The summed E-state index contributed by atoms with van der Waals surface area (Å²) < 4.78 is 33.1. The van der Waals surface area contributed by atoms with Gasteiger partial charge in [0.05, 0.1) is 26.4 Å². The monoisotopic (exact) mass is 710 g/mol. The van der Waals surface area contributed by atoms with E-state index >= 15 is 0 Å². The summed E-state index contributed by atoms with van der Waals surface area (Å²) in [6, 6.07) is 0. The van der Waals surface area contributed by atoms with Crippen molar-refractivity contribution in [3.63, 3.8) is 0 Å². The SMILES string of the molecule is CC/C=C\C/C=C\C/C=C\C/C=C\CCC(=O)OC(COCCCCCCCC/C=C\C/C=C\CCCC)COP(=O)(O)OCC(O)CO. The Morgan fingerprint density at radius 3 is 1.76 bits per heavy atom. The van der Waals surface area contributed by atoms with Crippen LogP contribution in [0.5, 0.6) is 0 Å². The first kappa shape index (κ1) is 46.9. The van der Waals surface area contributed by atoms with Gasteiger partial charge in [-0.15, -0.1) is 0 Å². The predicted molar refractivity (Wildman–Crippen MR) is 200 cm³/mol. The van der Waals surface area contributed by atoms with Crippen molar-refractivity contribution < 1.29 is 43.0 Å². The van der Waals surface area contributed by atoms with Crippen LogP contribution >= 0.6 is 7.82 Å². The van der Waals surface area contributed by atoms with E-state index in [9.17, 15) is 19.4 Å². The second-order valence-corrected chi connectivity index (χ2v) is 13.3. The van der Waals surface area contributed by atoms with Crippen molar-refractivity contribution >= 4 is 13.8 Å². The minimum Gasteiger partial charge on any atom is -0.457 e. The summed E-state index contributed by atoms with van der Waals surface area (Å²) in [6.45, 7) is 3.20. The second-order valence-electron chi connectivity index (χ2n) is 11.9. The summed E-state index contributed by atoms with van der Waals surface area (Å²) in [6.07, 6.45) is 40.2. The van der Waals surface area contributed by atoms with E-state index in [1.54, 1.807) is 0 Å². The molecule has 0 aliphatic rings. The zero-order valence-electron chi connectivity index (χ0n) is 30.4. The molecule has 0 bridgehead atoms. The topological polar surface area (TPSA) is 132 Å². The van der Waals surface area contributed by atoms with Crippen LogP contribution < -0.4 is 0 Å². The van der Waals surface area contributed by atoms with Crippen molar-refractivity contribution in [2.75, 3.05) is 33.0 Å². The van der Waals surface area contributed by atoms with Gasteiger partial charge < -0.3 is 24.6 Å². The maximum absolute atomic E-state index is 12.5. The fourth-order valence-corrected chi connectivity index (χ4v) is 5.11. The highest BCUT2D eigenvalue weighted by atomic mass is 31.2. The Labute approximate surface area is 297 Å². The summed E-state index contributed by atoms with van der Waals surface area (Å²) in [4.78, 5) is 22.4. The lowest BCUT2D eigenvalue weighted by Crippen LogP contribution is -2.29. The summed E-state index contributed by atoms with van der Waals surface area (Å²) in [5.74, 6) is -0.470. The molecular formula is C39H67O9P. The standard InChI is InChI=1S/C39H67O9P/c1-3-5-7-9-11-13-15-17-18-20-22-24-26-28-30-32-45-35-38(36-47-49(43,44)46-34-37(41)33-40)48-39(42)31-29-27-25-23-21-19-16-14-12-10-8-6-4-2/h6,8-9,11-12,14-15,17,19,21,25,27,37-38,40-41H,3-5,7,10,13,16,18,20,22-24,26,28-36H2,1-2H3,(H,43,44)/b8-6-,11-9-,14-12-,17-15-,21-19-,27-25-. The van der Waals surface area contributed by atoms with Crippen LogP contribution in [0.3, 0.4) is 0 Å². The highest BCUT2D eigenvalue weighted by molar-refractivity contribution is 7.47. The summed E-state index contributed by atoms with van der Waals surface area (Å²) in [7, 11) is -4.54. The van der Waals surface area contributed by atoms with E-state index in [0.717, 1.165) is 57.8 Å². The Kier molecular flexibility index (Phi) is 34.2. The maximum atomic E-state index is 12.5. The number of hydrogen-bond donors (Lipinski definition) is 3. The second kappa shape index (κ2) is 35.7. The van der Waals surface area contributed by atoms with E-state index in [4.69, 9.17) is 23.6 Å². The molecule has 0 radical (unpaired) electrons. The smallest absolute Gasteiger partial charge is 0.457 e. The van der Waals surface area contributed by atoms with Gasteiger partial charge in [0.2, 0.25) is 0 Å². The van der Waals surface area contributed by atoms with Gasteiger partial charge >= 0.3 is 13.8 Å². The number of allylic oxidation sites excluding steroid dienone is 12. The lowest BCUT2D eigenvalue weighted by atomic mass is 10.1. The average molecular weight is 711 g/mol. The largest absolute Gasteiger partial charge is 0.472 e. The number of rotatable bonds is 34. The molecule has 0 spiro atoms. The number of hydrogen-bond acceptors (Lipinski definition) is 8. The number of ether oxygens (including phenoxy) is 2. The molecule has 9 nitrogen and oxygen atoms in total. The van der Waals surface area contributed by atoms with Crippen LogP contribution in [0, 0.1) is 0 Å². The van der Waals surface area contributed by atoms with Crippen molar-refractivity contribution in [2.45, 2.75) is 135 Å². The zero-order valence-corrected chi connectivity index (χ0v) is 31.3. The fourth-order valence-electron chi connectivity index (χ4n) is 4.32. The number of phosphoric acid groups is 1. The molecule has 49 heavy (non-hydrogen) atoms. The predicted octanol–water partition coefficient (Wildman–Crippen LogP) is 9.41. The first-order chi connectivity index (χ1) is 23.8. The van der Waals surface area contributed by atoms with Crippen LogP contribution in [0.15, 0.2) is 72.9 Å². The van der Waals surface area contributed by atoms with Gasteiger partial charge in [0.25, 0.3) is 0 Å². The zero-order chi connectivity index (χ0) is 36.1. The molecule has 0 heterocycles. The Balaban J connectivity index is 4.39.